The van der Waals surface area contributed by atoms with Crippen molar-refractivity contribution in [3.05, 3.63) is 114 Å². The molecule has 0 aliphatic carbocycles. The summed E-state index contributed by atoms with van der Waals surface area (Å²) in [5.74, 6) is 1.55. The molecule has 1 fully saturated rings. The van der Waals surface area contributed by atoms with Gasteiger partial charge >= 0.3 is 0 Å². The molecule has 8 heteroatoms. The first kappa shape index (κ1) is 27.9. The molecule has 1 N–H and O–H groups in total. The minimum atomic E-state index is -0.787. The second-order valence-electron chi connectivity index (χ2n) is 10.6. The van der Waals surface area contributed by atoms with E-state index in [0.717, 1.165) is 28.9 Å². The van der Waals surface area contributed by atoms with Crippen LogP contribution in [0.15, 0.2) is 97.6 Å². The summed E-state index contributed by atoms with van der Waals surface area (Å²) in [7, 11) is 1.68. The lowest BCUT2D eigenvalue weighted by Gasteiger charge is -2.37. The summed E-state index contributed by atoms with van der Waals surface area (Å²) in [6.45, 7) is 6.98. The van der Waals surface area contributed by atoms with Crippen LogP contribution in [0, 0.1) is 5.92 Å². The molecule has 6 rings (SSSR count). The van der Waals surface area contributed by atoms with Gasteiger partial charge in [0.2, 0.25) is 0 Å². The van der Waals surface area contributed by atoms with E-state index in [-0.39, 0.29) is 24.4 Å². The highest BCUT2D eigenvalue weighted by Crippen LogP contribution is 2.42. The molecule has 1 aliphatic heterocycles. The number of nitrogens with zero attached hydrogens (tertiary/aromatic N) is 4. The molecule has 1 aliphatic rings. The SMILES string of the molecule is CCOC1C(C)[C@H](n2cnc3c(NC(c4ccccc4)(c4ccccc4)c4ccc(OC)cc4)ncnc32)O[C@@H]1CC. The molecule has 4 atom stereocenters. The maximum absolute atomic E-state index is 6.52. The van der Waals surface area contributed by atoms with Gasteiger partial charge in [0.15, 0.2) is 17.0 Å². The van der Waals surface area contributed by atoms with Crippen molar-refractivity contribution in [2.45, 2.75) is 51.2 Å². The first-order valence-electron chi connectivity index (χ1n) is 14.6. The Hall–Kier alpha value is -4.27. The van der Waals surface area contributed by atoms with Crippen molar-refractivity contribution in [3.63, 3.8) is 0 Å². The largest absolute Gasteiger partial charge is 0.497 e. The molecule has 0 bridgehead atoms. The summed E-state index contributed by atoms with van der Waals surface area (Å²) in [5.41, 5.74) is 3.75. The average molecular weight is 564 g/mol. The lowest BCUT2D eigenvalue weighted by Crippen LogP contribution is -2.38. The number of fused-ring (bicyclic) bond motifs is 1. The van der Waals surface area contributed by atoms with Crippen molar-refractivity contribution in [2.24, 2.45) is 5.92 Å². The molecule has 0 amide bonds. The van der Waals surface area contributed by atoms with E-state index in [0.29, 0.717) is 23.6 Å². The number of anilines is 1. The monoisotopic (exact) mass is 563 g/mol. The molecule has 0 spiro atoms. The average Bonchev–Trinajstić information content (AvgIpc) is 3.62. The van der Waals surface area contributed by atoms with Gasteiger partial charge in [-0.25, -0.2) is 15.0 Å². The fraction of sp³-hybridized carbons (Fsp3) is 0.324. The molecular weight excluding hydrogens is 526 g/mol. The van der Waals surface area contributed by atoms with Crippen LogP contribution in [0.25, 0.3) is 11.2 Å². The minimum absolute atomic E-state index is 0.0146. The number of rotatable bonds is 10. The number of nitrogens with one attached hydrogen (secondary N) is 1. The lowest BCUT2D eigenvalue weighted by atomic mass is 9.77. The van der Waals surface area contributed by atoms with Gasteiger partial charge in [-0.3, -0.25) is 4.57 Å². The normalized spacial score (nSPS) is 20.6. The Morgan fingerprint density at radius 3 is 2.10 bits per heavy atom. The van der Waals surface area contributed by atoms with Crippen LogP contribution < -0.4 is 10.1 Å². The van der Waals surface area contributed by atoms with Gasteiger partial charge in [-0.2, -0.15) is 0 Å². The highest BCUT2D eigenvalue weighted by molar-refractivity contribution is 5.84. The number of imidazole rings is 1. The molecule has 42 heavy (non-hydrogen) atoms. The Balaban J connectivity index is 1.50. The number of hydrogen-bond acceptors (Lipinski definition) is 7. The maximum atomic E-state index is 6.52. The standard InChI is InChI=1S/C34H37N5O3/c1-5-28-30(41-6-2)23(3)33(42-28)39-22-37-29-31(35-21-36-32(29)39)38-34(24-13-9-7-10-14-24,25-15-11-8-12-16-25)26-17-19-27(40-4)20-18-26/h7-23,28,30,33H,5-6H2,1-4H3,(H,35,36,38)/t23?,28-,30?,33-/m1/s1. The molecule has 5 aromatic rings. The Bertz CT molecular complexity index is 1570. The van der Waals surface area contributed by atoms with E-state index in [9.17, 15) is 0 Å². The van der Waals surface area contributed by atoms with Gasteiger partial charge in [-0.15, -0.1) is 0 Å². The summed E-state index contributed by atoms with van der Waals surface area (Å²) in [4.78, 5) is 14.3. The lowest BCUT2D eigenvalue weighted by molar-refractivity contribution is -0.0360. The van der Waals surface area contributed by atoms with Crippen LogP contribution in [0.2, 0.25) is 0 Å². The van der Waals surface area contributed by atoms with Crippen LogP contribution in [-0.4, -0.2) is 45.4 Å². The van der Waals surface area contributed by atoms with Crippen molar-refractivity contribution < 1.29 is 14.2 Å². The third-order valence-corrected chi connectivity index (χ3v) is 8.29. The molecule has 1 saturated heterocycles. The van der Waals surface area contributed by atoms with Crippen LogP contribution in [-0.2, 0) is 15.0 Å². The summed E-state index contributed by atoms with van der Waals surface area (Å²) in [6.07, 6.45) is 4.06. The van der Waals surface area contributed by atoms with Gasteiger partial charge < -0.3 is 19.5 Å². The summed E-state index contributed by atoms with van der Waals surface area (Å²) in [5, 5.41) is 3.85. The summed E-state index contributed by atoms with van der Waals surface area (Å²) < 4.78 is 20.1. The van der Waals surface area contributed by atoms with Gasteiger partial charge in [-0.05, 0) is 42.2 Å². The van der Waals surface area contributed by atoms with Crippen LogP contribution >= 0.6 is 0 Å². The molecule has 2 unspecified atom stereocenters. The first-order chi connectivity index (χ1) is 20.6. The van der Waals surface area contributed by atoms with Gasteiger partial charge in [0.1, 0.15) is 23.8 Å². The van der Waals surface area contributed by atoms with Gasteiger partial charge in [-0.1, -0.05) is 86.6 Å². The first-order valence-corrected chi connectivity index (χ1v) is 14.6. The highest BCUT2D eigenvalue weighted by atomic mass is 16.6. The summed E-state index contributed by atoms with van der Waals surface area (Å²) in [6, 6.07) is 29.0. The Labute approximate surface area is 246 Å². The quantitative estimate of drug-likeness (QED) is 0.192. The predicted molar refractivity (Wildman–Crippen MR) is 163 cm³/mol. The number of benzene rings is 3. The zero-order valence-electron chi connectivity index (χ0n) is 24.5. The number of hydrogen-bond donors (Lipinski definition) is 1. The van der Waals surface area contributed by atoms with Gasteiger partial charge in [0.05, 0.1) is 25.6 Å². The molecule has 216 valence electrons. The van der Waals surface area contributed by atoms with E-state index in [2.05, 4.69) is 84.8 Å². The molecule has 0 radical (unpaired) electrons. The van der Waals surface area contributed by atoms with E-state index in [1.165, 1.54) is 0 Å². The number of methoxy groups -OCH3 is 1. The van der Waals surface area contributed by atoms with Crippen molar-refractivity contribution in [1.82, 2.24) is 19.5 Å². The molecule has 2 aromatic heterocycles. The van der Waals surface area contributed by atoms with E-state index in [1.54, 1.807) is 13.4 Å². The van der Waals surface area contributed by atoms with Crippen molar-refractivity contribution in [2.75, 3.05) is 19.0 Å². The zero-order chi connectivity index (χ0) is 29.1. The highest BCUT2D eigenvalue weighted by Gasteiger charge is 2.43. The Morgan fingerprint density at radius 1 is 0.857 bits per heavy atom. The zero-order valence-corrected chi connectivity index (χ0v) is 24.5. The number of ether oxygens (including phenoxy) is 3. The minimum Gasteiger partial charge on any atom is -0.497 e. The van der Waals surface area contributed by atoms with Crippen molar-refractivity contribution >= 4 is 17.0 Å². The van der Waals surface area contributed by atoms with E-state index in [4.69, 9.17) is 24.2 Å². The summed E-state index contributed by atoms with van der Waals surface area (Å²) >= 11 is 0. The second kappa shape index (κ2) is 11.9. The van der Waals surface area contributed by atoms with E-state index in [1.807, 2.05) is 42.1 Å². The fourth-order valence-electron chi connectivity index (χ4n) is 6.22. The topological polar surface area (TPSA) is 83.3 Å². The molecule has 0 saturated carbocycles. The van der Waals surface area contributed by atoms with Crippen LogP contribution in [0.4, 0.5) is 5.82 Å². The van der Waals surface area contributed by atoms with E-state index >= 15 is 0 Å². The van der Waals surface area contributed by atoms with Gasteiger partial charge in [0, 0.05) is 12.5 Å². The molecule has 8 nitrogen and oxygen atoms in total. The van der Waals surface area contributed by atoms with Crippen molar-refractivity contribution in [1.29, 1.82) is 0 Å². The Kier molecular flexibility index (Phi) is 7.91. The molecule has 3 heterocycles. The third-order valence-electron chi connectivity index (χ3n) is 8.29. The van der Waals surface area contributed by atoms with Crippen LogP contribution in [0.3, 0.4) is 0 Å². The number of aromatic nitrogens is 4. The van der Waals surface area contributed by atoms with E-state index < -0.39 is 5.54 Å². The molecular formula is C34H37N5O3. The van der Waals surface area contributed by atoms with Crippen LogP contribution in [0.5, 0.6) is 5.75 Å². The maximum Gasteiger partial charge on any atom is 0.167 e. The van der Waals surface area contributed by atoms with Crippen molar-refractivity contribution in [3.8, 4) is 5.75 Å². The van der Waals surface area contributed by atoms with Crippen LogP contribution in [0.1, 0.15) is 50.1 Å². The Morgan fingerprint density at radius 2 is 1.50 bits per heavy atom. The molecule has 3 aromatic carbocycles. The second-order valence-corrected chi connectivity index (χ2v) is 10.6. The predicted octanol–water partition coefficient (Wildman–Crippen LogP) is 6.59. The smallest absolute Gasteiger partial charge is 0.167 e. The van der Waals surface area contributed by atoms with Gasteiger partial charge in [0.25, 0.3) is 0 Å². The third kappa shape index (κ3) is 4.80. The fourth-order valence-corrected chi connectivity index (χ4v) is 6.22.